The van der Waals surface area contributed by atoms with Gasteiger partial charge in [0.05, 0.1) is 6.54 Å². The van der Waals surface area contributed by atoms with E-state index in [1.807, 2.05) is 11.8 Å². The summed E-state index contributed by atoms with van der Waals surface area (Å²) in [7, 11) is 0. The first-order valence-corrected chi connectivity index (χ1v) is 5.66. The minimum atomic E-state index is -0.143. The van der Waals surface area contributed by atoms with Gasteiger partial charge in [-0.05, 0) is 19.0 Å². The number of rotatable bonds is 7. The Morgan fingerprint density at radius 1 is 1.47 bits per heavy atom. The molecule has 0 saturated carbocycles. The van der Waals surface area contributed by atoms with Gasteiger partial charge in [-0.25, -0.2) is 9.97 Å². The Hall–Kier alpha value is -1.53. The minimum Gasteiger partial charge on any atom is -0.396 e. The number of aromatic nitrogens is 2. The third-order valence-corrected chi connectivity index (χ3v) is 2.26. The van der Waals surface area contributed by atoms with Gasteiger partial charge >= 0.3 is 0 Å². The average molecular weight is 238 g/mol. The fourth-order valence-electron chi connectivity index (χ4n) is 1.37. The maximum atomic E-state index is 11.6. The molecular weight excluding hydrogens is 220 g/mol. The van der Waals surface area contributed by atoms with Gasteiger partial charge in [-0.1, -0.05) is 6.92 Å². The summed E-state index contributed by atoms with van der Waals surface area (Å²) in [5.74, 6) is 0.173. The van der Waals surface area contributed by atoms with Crippen molar-refractivity contribution in [3.63, 3.8) is 0 Å². The largest absolute Gasteiger partial charge is 0.396 e. The van der Waals surface area contributed by atoms with Crippen LogP contribution >= 0.6 is 0 Å². The molecule has 6 heteroatoms. The lowest BCUT2D eigenvalue weighted by Crippen LogP contribution is -2.34. The molecule has 0 fully saturated rings. The fraction of sp³-hybridized carbons (Fsp3) is 0.545. The summed E-state index contributed by atoms with van der Waals surface area (Å²) in [6, 6.07) is 1.69. The molecule has 1 rings (SSSR count). The zero-order valence-electron chi connectivity index (χ0n) is 9.96. The molecule has 6 nitrogen and oxygen atoms in total. The number of nitrogens with one attached hydrogen (secondary N) is 1. The van der Waals surface area contributed by atoms with Crippen molar-refractivity contribution in [2.45, 2.75) is 13.3 Å². The van der Waals surface area contributed by atoms with Crippen molar-refractivity contribution in [1.82, 2.24) is 14.9 Å². The van der Waals surface area contributed by atoms with Crippen LogP contribution < -0.4 is 5.32 Å². The number of hydrogen-bond acceptors (Lipinski definition) is 5. The summed E-state index contributed by atoms with van der Waals surface area (Å²) in [5, 5.41) is 11.4. The molecule has 0 aromatic carbocycles. The number of anilines is 1. The summed E-state index contributed by atoms with van der Waals surface area (Å²) >= 11 is 0. The molecule has 94 valence electrons. The van der Waals surface area contributed by atoms with Crippen molar-refractivity contribution in [3.05, 3.63) is 18.5 Å². The molecule has 1 aromatic heterocycles. The maximum Gasteiger partial charge on any atom is 0.240 e. The second-order valence-electron chi connectivity index (χ2n) is 3.57. The van der Waals surface area contributed by atoms with Crippen LogP contribution in [0.3, 0.4) is 0 Å². The van der Waals surface area contributed by atoms with Gasteiger partial charge in [-0.3, -0.25) is 15.0 Å². The molecular formula is C11H18N4O2. The van der Waals surface area contributed by atoms with Gasteiger partial charge in [0.15, 0.2) is 0 Å². The zero-order valence-corrected chi connectivity index (χ0v) is 9.96. The molecule has 1 heterocycles. The molecule has 0 bridgehead atoms. The molecule has 1 amide bonds. The quantitative estimate of drug-likeness (QED) is 0.705. The van der Waals surface area contributed by atoms with E-state index < -0.39 is 0 Å². The Bertz CT molecular complexity index is 332. The van der Waals surface area contributed by atoms with Crippen LogP contribution in [0.4, 0.5) is 5.95 Å². The summed E-state index contributed by atoms with van der Waals surface area (Å²) in [5.41, 5.74) is 0. The van der Waals surface area contributed by atoms with Gasteiger partial charge in [0.1, 0.15) is 0 Å². The van der Waals surface area contributed by atoms with Gasteiger partial charge in [0.25, 0.3) is 0 Å². The van der Waals surface area contributed by atoms with Gasteiger partial charge in [0.2, 0.25) is 11.9 Å². The van der Waals surface area contributed by atoms with Crippen LogP contribution in [-0.4, -0.2) is 52.1 Å². The lowest BCUT2D eigenvalue weighted by atomic mass is 10.3. The fourth-order valence-corrected chi connectivity index (χ4v) is 1.37. The summed E-state index contributed by atoms with van der Waals surface area (Å²) in [4.78, 5) is 21.4. The first kappa shape index (κ1) is 13.5. The number of carbonyl (C=O) groups excluding carboxylic acids is 1. The predicted molar refractivity (Wildman–Crippen MR) is 64.5 cm³/mol. The Labute approximate surface area is 101 Å². The van der Waals surface area contributed by atoms with Crippen LogP contribution in [0.25, 0.3) is 0 Å². The number of aliphatic hydroxyl groups is 1. The van der Waals surface area contributed by atoms with E-state index in [2.05, 4.69) is 15.3 Å². The van der Waals surface area contributed by atoms with Crippen molar-refractivity contribution >= 4 is 11.9 Å². The van der Waals surface area contributed by atoms with Crippen LogP contribution in [0.5, 0.6) is 0 Å². The van der Waals surface area contributed by atoms with E-state index in [1.54, 1.807) is 18.5 Å². The van der Waals surface area contributed by atoms with E-state index in [9.17, 15) is 4.79 Å². The lowest BCUT2D eigenvalue weighted by molar-refractivity contribution is -0.117. The molecule has 17 heavy (non-hydrogen) atoms. The van der Waals surface area contributed by atoms with Gasteiger partial charge in [0, 0.05) is 25.5 Å². The van der Waals surface area contributed by atoms with Crippen molar-refractivity contribution in [3.8, 4) is 0 Å². The van der Waals surface area contributed by atoms with Crippen LogP contribution in [0.2, 0.25) is 0 Å². The molecule has 0 radical (unpaired) electrons. The van der Waals surface area contributed by atoms with Crippen molar-refractivity contribution in [2.24, 2.45) is 0 Å². The number of carbonyl (C=O) groups is 1. The Morgan fingerprint density at radius 3 is 2.76 bits per heavy atom. The molecule has 0 atom stereocenters. The van der Waals surface area contributed by atoms with Crippen LogP contribution in [-0.2, 0) is 4.79 Å². The van der Waals surface area contributed by atoms with E-state index in [0.717, 1.165) is 6.54 Å². The van der Waals surface area contributed by atoms with E-state index in [0.29, 0.717) is 18.9 Å². The van der Waals surface area contributed by atoms with Gasteiger partial charge in [-0.15, -0.1) is 0 Å². The average Bonchev–Trinajstić information content (AvgIpc) is 2.35. The summed E-state index contributed by atoms with van der Waals surface area (Å²) in [6.45, 7) is 3.87. The van der Waals surface area contributed by atoms with Crippen LogP contribution in [0.1, 0.15) is 13.3 Å². The van der Waals surface area contributed by atoms with E-state index >= 15 is 0 Å². The first-order valence-electron chi connectivity index (χ1n) is 5.66. The van der Waals surface area contributed by atoms with E-state index in [-0.39, 0.29) is 19.1 Å². The lowest BCUT2D eigenvalue weighted by Gasteiger charge is -2.18. The highest BCUT2D eigenvalue weighted by Crippen LogP contribution is 1.96. The smallest absolute Gasteiger partial charge is 0.240 e. The second-order valence-corrected chi connectivity index (χ2v) is 3.57. The SMILES string of the molecule is CCN(CCCO)CC(=O)Nc1ncccn1. The standard InChI is InChI=1S/C11H18N4O2/c1-2-15(7-4-8-16)9-10(17)14-11-12-5-3-6-13-11/h3,5-6,16H,2,4,7-9H2,1H3,(H,12,13,14,17). The van der Waals surface area contributed by atoms with Crippen LogP contribution in [0, 0.1) is 0 Å². The minimum absolute atomic E-state index is 0.139. The van der Waals surface area contributed by atoms with Gasteiger partial charge < -0.3 is 5.11 Å². The highest BCUT2D eigenvalue weighted by Gasteiger charge is 2.09. The number of hydrogen-bond donors (Lipinski definition) is 2. The Morgan fingerprint density at radius 2 is 2.18 bits per heavy atom. The molecule has 0 aliphatic heterocycles. The molecule has 1 aromatic rings. The van der Waals surface area contributed by atoms with E-state index in [4.69, 9.17) is 5.11 Å². The summed E-state index contributed by atoms with van der Waals surface area (Å²) < 4.78 is 0. The number of nitrogens with zero attached hydrogens (tertiary/aromatic N) is 3. The zero-order chi connectivity index (χ0) is 12.5. The third-order valence-electron chi connectivity index (χ3n) is 2.26. The maximum absolute atomic E-state index is 11.6. The highest BCUT2D eigenvalue weighted by molar-refractivity contribution is 5.90. The summed E-state index contributed by atoms with van der Waals surface area (Å²) in [6.07, 6.45) is 3.82. The van der Waals surface area contributed by atoms with Crippen LogP contribution in [0.15, 0.2) is 18.5 Å². The number of aliphatic hydroxyl groups excluding tert-OH is 1. The molecule has 2 N–H and O–H groups in total. The van der Waals surface area contributed by atoms with Crippen molar-refractivity contribution in [2.75, 3.05) is 31.6 Å². The monoisotopic (exact) mass is 238 g/mol. The van der Waals surface area contributed by atoms with Gasteiger partial charge in [-0.2, -0.15) is 0 Å². The second kappa shape index (κ2) is 7.70. The Balaban J connectivity index is 2.37. The molecule has 0 aliphatic rings. The normalized spacial score (nSPS) is 10.5. The molecule has 0 saturated heterocycles. The third kappa shape index (κ3) is 5.37. The van der Waals surface area contributed by atoms with Crippen molar-refractivity contribution < 1.29 is 9.90 Å². The highest BCUT2D eigenvalue weighted by atomic mass is 16.3. The topological polar surface area (TPSA) is 78.4 Å². The number of amides is 1. The number of likely N-dealkylation sites (N-methyl/N-ethyl adjacent to an activating group) is 1. The van der Waals surface area contributed by atoms with E-state index in [1.165, 1.54) is 0 Å². The first-order chi connectivity index (χ1) is 8.26. The van der Waals surface area contributed by atoms with Crippen molar-refractivity contribution in [1.29, 1.82) is 0 Å². The molecule has 0 unspecified atom stereocenters. The Kier molecular flexibility index (Phi) is 6.13. The molecule has 0 aliphatic carbocycles. The molecule has 0 spiro atoms. The predicted octanol–water partition coefficient (Wildman–Crippen LogP) is 0.119.